The van der Waals surface area contributed by atoms with Gasteiger partial charge in [0, 0.05) is 6.42 Å². The molecule has 0 saturated carbocycles. The molecule has 0 amide bonds. The summed E-state index contributed by atoms with van der Waals surface area (Å²) in [5.74, 6) is -0.154. The Hall–Kier alpha value is -1.59. The van der Waals surface area contributed by atoms with Gasteiger partial charge in [-0.3, -0.25) is 4.79 Å². The van der Waals surface area contributed by atoms with Gasteiger partial charge in [-0.15, -0.1) is 0 Å². The molecule has 0 aromatic heterocycles. The van der Waals surface area contributed by atoms with Gasteiger partial charge in [-0.05, 0) is 12.0 Å². The van der Waals surface area contributed by atoms with E-state index in [0.29, 0.717) is 98.9 Å². The summed E-state index contributed by atoms with van der Waals surface area (Å²) >= 11 is 0. The maximum atomic E-state index is 11.4. The quantitative estimate of drug-likeness (QED) is 0.129. The van der Waals surface area contributed by atoms with Crippen LogP contribution in [-0.2, 0) is 49.3 Å². The number of ether oxygens (including phenoxy) is 8. The molecule has 0 N–H and O–H groups in total. The Kier molecular flexibility index (Phi) is 23.9. The zero-order valence-electron chi connectivity index (χ0n) is 22.0. The van der Waals surface area contributed by atoms with Gasteiger partial charge in [0.25, 0.3) is 0 Å². The Morgan fingerprint density at radius 3 is 1.42 bits per heavy atom. The lowest BCUT2D eigenvalue weighted by Crippen LogP contribution is -2.15. The van der Waals surface area contributed by atoms with Crippen LogP contribution in [0.25, 0.3) is 0 Å². The van der Waals surface area contributed by atoms with Crippen molar-refractivity contribution in [3.05, 3.63) is 35.9 Å². The van der Waals surface area contributed by atoms with Gasteiger partial charge < -0.3 is 37.9 Å². The van der Waals surface area contributed by atoms with E-state index in [9.17, 15) is 4.79 Å². The SMILES string of the molecule is CCCCCC(=O)OCCOCCOCCOCCOCCOCCOCCOCc1ccccc1. The summed E-state index contributed by atoms with van der Waals surface area (Å²) in [6.45, 7) is 9.57. The van der Waals surface area contributed by atoms with Gasteiger partial charge in [0.15, 0.2) is 0 Å². The monoisotopic (exact) mass is 514 g/mol. The first-order valence-electron chi connectivity index (χ1n) is 13.1. The zero-order chi connectivity index (χ0) is 25.8. The second kappa shape index (κ2) is 26.5. The van der Waals surface area contributed by atoms with Gasteiger partial charge in [0.1, 0.15) is 6.61 Å². The molecule has 0 aliphatic rings. The van der Waals surface area contributed by atoms with Crippen LogP contribution < -0.4 is 0 Å². The van der Waals surface area contributed by atoms with Gasteiger partial charge >= 0.3 is 5.97 Å². The van der Waals surface area contributed by atoms with Crippen LogP contribution in [0.1, 0.15) is 38.2 Å². The number of benzene rings is 1. The molecule has 0 heterocycles. The molecule has 0 saturated heterocycles. The highest BCUT2D eigenvalue weighted by atomic mass is 16.6. The van der Waals surface area contributed by atoms with E-state index in [1.54, 1.807) is 0 Å². The highest BCUT2D eigenvalue weighted by Crippen LogP contribution is 2.01. The van der Waals surface area contributed by atoms with Crippen molar-refractivity contribution in [3.63, 3.8) is 0 Å². The second-order valence-electron chi connectivity index (χ2n) is 7.89. The number of carbonyl (C=O) groups excluding carboxylic acids is 1. The predicted octanol–water partition coefficient (Wildman–Crippen LogP) is 3.43. The first-order chi connectivity index (χ1) is 17.8. The van der Waals surface area contributed by atoms with Gasteiger partial charge in [-0.1, -0.05) is 50.1 Å². The molecule has 9 heteroatoms. The van der Waals surface area contributed by atoms with Crippen LogP contribution >= 0.6 is 0 Å². The molecule has 0 fully saturated rings. The number of rotatable bonds is 27. The van der Waals surface area contributed by atoms with Crippen LogP contribution in [-0.4, -0.2) is 98.5 Å². The van der Waals surface area contributed by atoms with E-state index in [-0.39, 0.29) is 12.6 Å². The average molecular weight is 515 g/mol. The van der Waals surface area contributed by atoms with Crippen molar-refractivity contribution in [3.8, 4) is 0 Å². The third-order valence-electron chi connectivity index (χ3n) is 4.82. The van der Waals surface area contributed by atoms with Crippen LogP contribution in [0.3, 0.4) is 0 Å². The van der Waals surface area contributed by atoms with E-state index >= 15 is 0 Å². The fourth-order valence-corrected chi connectivity index (χ4v) is 2.89. The van der Waals surface area contributed by atoms with Crippen LogP contribution in [0, 0.1) is 0 Å². The highest BCUT2D eigenvalue weighted by molar-refractivity contribution is 5.69. The van der Waals surface area contributed by atoms with E-state index < -0.39 is 0 Å². The molecule has 208 valence electrons. The van der Waals surface area contributed by atoms with E-state index in [1.165, 1.54) is 0 Å². The predicted molar refractivity (Wildman–Crippen MR) is 136 cm³/mol. The molecule has 1 aromatic rings. The van der Waals surface area contributed by atoms with Crippen molar-refractivity contribution < 1.29 is 42.7 Å². The lowest BCUT2D eigenvalue weighted by molar-refractivity contribution is -0.145. The highest BCUT2D eigenvalue weighted by Gasteiger charge is 2.01. The minimum atomic E-state index is -0.154. The van der Waals surface area contributed by atoms with Crippen molar-refractivity contribution >= 4 is 5.97 Å². The van der Waals surface area contributed by atoms with Crippen molar-refractivity contribution in [1.82, 2.24) is 0 Å². The molecule has 0 atom stereocenters. The number of hydrogen-bond acceptors (Lipinski definition) is 9. The molecular formula is C27H46O9. The Morgan fingerprint density at radius 2 is 0.972 bits per heavy atom. The Bertz CT molecular complexity index is 586. The molecule has 9 nitrogen and oxygen atoms in total. The lowest BCUT2D eigenvalue weighted by Gasteiger charge is -2.09. The largest absolute Gasteiger partial charge is 0.463 e. The third kappa shape index (κ3) is 22.8. The smallest absolute Gasteiger partial charge is 0.305 e. The summed E-state index contributed by atoms with van der Waals surface area (Å²) < 4.78 is 43.3. The summed E-state index contributed by atoms with van der Waals surface area (Å²) in [4.78, 5) is 11.4. The Balaban J connectivity index is 1.66. The topological polar surface area (TPSA) is 90.9 Å². The minimum absolute atomic E-state index is 0.154. The second-order valence-corrected chi connectivity index (χ2v) is 7.89. The maximum absolute atomic E-state index is 11.4. The number of carbonyl (C=O) groups is 1. The molecule has 0 radical (unpaired) electrons. The third-order valence-corrected chi connectivity index (χ3v) is 4.82. The normalized spacial score (nSPS) is 11.1. The van der Waals surface area contributed by atoms with Gasteiger partial charge in [-0.25, -0.2) is 0 Å². The van der Waals surface area contributed by atoms with Crippen LogP contribution in [0.4, 0.5) is 0 Å². The standard InChI is InChI=1S/C27H46O9/c1-2-3-5-10-27(28)36-24-23-34-20-19-32-16-15-30-12-11-29-13-14-31-17-18-33-21-22-35-25-26-8-6-4-7-9-26/h4,6-9H,2-3,5,10-25H2,1H3. The van der Waals surface area contributed by atoms with E-state index in [0.717, 1.165) is 24.8 Å². The van der Waals surface area contributed by atoms with Crippen LogP contribution in [0.2, 0.25) is 0 Å². The van der Waals surface area contributed by atoms with Crippen LogP contribution in [0.15, 0.2) is 30.3 Å². The zero-order valence-corrected chi connectivity index (χ0v) is 22.0. The summed E-state index contributed by atoms with van der Waals surface area (Å²) in [5.41, 5.74) is 1.16. The van der Waals surface area contributed by atoms with E-state index in [1.807, 2.05) is 30.3 Å². The fourth-order valence-electron chi connectivity index (χ4n) is 2.89. The number of hydrogen-bond donors (Lipinski definition) is 0. The van der Waals surface area contributed by atoms with Crippen molar-refractivity contribution in [2.75, 3.05) is 92.5 Å². The van der Waals surface area contributed by atoms with E-state index in [2.05, 4.69) is 6.92 Å². The molecule has 1 rings (SSSR count). The number of unbranched alkanes of at least 4 members (excludes halogenated alkanes) is 2. The van der Waals surface area contributed by atoms with Gasteiger partial charge in [0.2, 0.25) is 0 Å². The summed E-state index contributed by atoms with van der Waals surface area (Å²) in [6.07, 6.45) is 3.52. The summed E-state index contributed by atoms with van der Waals surface area (Å²) in [6, 6.07) is 10.1. The maximum Gasteiger partial charge on any atom is 0.305 e. The molecular weight excluding hydrogens is 468 g/mol. The molecule has 0 bridgehead atoms. The molecule has 0 unspecified atom stereocenters. The number of esters is 1. The summed E-state index contributed by atoms with van der Waals surface area (Å²) in [5, 5.41) is 0. The van der Waals surface area contributed by atoms with Gasteiger partial charge in [-0.2, -0.15) is 0 Å². The first kappa shape index (κ1) is 32.4. The van der Waals surface area contributed by atoms with E-state index in [4.69, 9.17) is 37.9 Å². The van der Waals surface area contributed by atoms with Crippen molar-refractivity contribution in [1.29, 1.82) is 0 Å². The fraction of sp³-hybridized carbons (Fsp3) is 0.741. The lowest BCUT2D eigenvalue weighted by atomic mass is 10.2. The molecule has 1 aromatic carbocycles. The Labute approximate surface area is 216 Å². The van der Waals surface area contributed by atoms with Gasteiger partial charge in [0.05, 0.1) is 92.5 Å². The molecule has 0 aliphatic carbocycles. The Morgan fingerprint density at radius 1 is 0.556 bits per heavy atom. The van der Waals surface area contributed by atoms with Crippen molar-refractivity contribution in [2.45, 2.75) is 39.2 Å². The molecule has 36 heavy (non-hydrogen) atoms. The molecule has 0 spiro atoms. The summed E-state index contributed by atoms with van der Waals surface area (Å²) in [7, 11) is 0. The van der Waals surface area contributed by atoms with Crippen LogP contribution in [0.5, 0.6) is 0 Å². The molecule has 0 aliphatic heterocycles. The minimum Gasteiger partial charge on any atom is -0.463 e. The first-order valence-corrected chi connectivity index (χ1v) is 13.1. The average Bonchev–Trinajstić information content (AvgIpc) is 2.90. The van der Waals surface area contributed by atoms with Crippen molar-refractivity contribution in [2.24, 2.45) is 0 Å².